The Morgan fingerprint density at radius 1 is 1.10 bits per heavy atom. The first-order valence-electron chi connectivity index (χ1n) is 8.93. The van der Waals surface area contributed by atoms with Crippen molar-refractivity contribution in [2.75, 3.05) is 24.3 Å². The Kier molecular flexibility index (Phi) is 6.33. The topological polar surface area (TPSA) is 76.1 Å². The maximum Gasteiger partial charge on any atom is 0.274 e. The van der Waals surface area contributed by atoms with Gasteiger partial charge in [0.15, 0.2) is 0 Å². The van der Waals surface area contributed by atoms with E-state index in [1.807, 2.05) is 24.3 Å². The Morgan fingerprint density at radius 3 is 2.69 bits per heavy atom. The Hall–Kier alpha value is -3.55. The molecular weight excluding hydrogens is 378 g/mol. The van der Waals surface area contributed by atoms with E-state index in [0.717, 1.165) is 29.9 Å². The number of benzene rings is 2. The SMILES string of the molecule is COc1cccc(CCNc2cc(C(=O)Nc3ccc(F)cc3F)nc(C)n2)c1. The number of hydrogen-bond donors (Lipinski definition) is 2. The molecule has 29 heavy (non-hydrogen) atoms. The molecule has 0 radical (unpaired) electrons. The van der Waals surface area contributed by atoms with Crippen molar-refractivity contribution in [1.82, 2.24) is 9.97 Å². The number of ether oxygens (including phenoxy) is 1. The highest BCUT2D eigenvalue weighted by Gasteiger charge is 2.13. The lowest BCUT2D eigenvalue weighted by atomic mass is 10.1. The van der Waals surface area contributed by atoms with E-state index in [1.165, 1.54) is 6.07 Å². The summed E-state index contributed by atoms with van der Waals surface area (Å²) in [5.74, 6) is -0.544. The number of methoxy groups -OCH3 is 1. The number of aromatic nitrogens is 2. The molecular formula is C21H20F2N4O2. The Balaban J connectivity index is 1.66. The second-order valence-electron chi connectivity index (χ2n) is 6.29. The zero-order valence-electron chi connectivity index (χ0n) is 16.0. The molecule has 0 aliphatic carbocycles. The molecule has 0 bridgehead atoms. The minimum atomic E-state index is -0.860. The smallest absolute Gasteiger partial charge is 0.274 e. The van der Waals surface area contributed by atoms with Crippen molar-refractivity contribution in [2.24, 2.45) is 0 Å². The molecule has 6 nitrogen and oxygen atoms in total. The molecule has 0 saturated carbocycles. The van der Waals surface area contributed by atoms with Crippen molar-refractivity contribution < 1.29 is 18.3 Å². The van der Waals surface area contributed by atoms with Crippen LogP contribution in [-0.2, 0) is 6.42 Å². The van der Waals surface area contributed by atoms with Crippen LogP contribution in [0.15, 0.2) is 48.5 Å². The average molecular weight is 398 g/mol. The number of carbonyl (C=O) groups excluding carboxylic acids is 1. The zero-order chi connectivity index (χ0) is 20.8. The molecule has 150 valence electrons. The number of amides is 1. The lowest BCUT2D eigenvalue weighted by molar-refractivity contribution is 0.102. The molecule has 0 aliphatic rings. The number of aryl methyl sites for hydroxylation is 1. The van der Waals surface area contributed by atoms with Crippen LogP contribution in [-0.4, -0.2) is 29.5 Å². The summed E-state index contributed by atoms with van der Waals surface area (Å²) in [6, 6.07) is 12.1. The third-order valence-corrected chi connectivity index (χ3v) is 4.10. The van der Waals surface area contributed by atoms with E-state index in [2.05, 4.69) is 20.6 Å². The van der Waals surface area contributed by atoms with E-state index in [9.17, 15) is 13.6 Å². The Morgan fingerprint density at radius 2 is 1.93 bits per heavy atom. The second-order valence-corrected chi connectivity index (χ2v) is 6.29. The summed E-state index contributed by atoms with van der Waals surface area (Å²) in [6.07, 6.45) is 0.725. The quantitative estimate of drug-likeness (QED) is 0.630. The predicted molar refractivity (Wildman–Crippen MR) is 106 cm³/mol. The molecule has 1 heterocycles. The number of rotatable bonds is 7. The summed E-state index contributed by atoms with van der Waals surface area (Å²) < 4.78 is 32.0. The van der Waals surface area contributed by atoms with Gasteiger partial charge < -0.3 is 15.4 Å². The summed E-state index contributed by atoms with van der Waals surface area (Å²) in [7, 11) is 1.62. The summed E-state index contributed by atoms with van der Waals surface area (Å²) >= 11 is 0. The molecule has 0 saturated heterocycles. The first-order valence-corrected chi connectivity index (χ1v) is 8.93. The number of nitrogens with zero attached hydrogens (tertiary/aromatic N) is 2. The second kappa shape index (κ2) is 9.09. The van der Waals surface area contributed by atoms with E-state index in [4.69, 9.17) is 4.74 Å². The number of halogens is 2. The minimum Gasteiger partial charge on any atom is -0.497 e. The molecule has 1 amide bonds. The van der Waals surface area contributed by atoms with Crippen molar-refractivity contribution in [2.45, 2.75) is 13.3 Å². The van der Waals surface area contributed by atoms with Crippen LogP contribution in [0.3, 0.4) is 0 Å². The van der Waals surface area contributed by atoms with Crippen LogP contribution in [0, 0.1) is 18.6 Å². The first kappa shape index (κ1) is 20.2. The van der Waals surface area contributed by atoms with Crippen LogP contribution >= 0.6 is 0 Å². The van der Waals surface area contributed by atoms with Gasteiger partial charge in [0.2, 0.25) is 0 Å². The zero-order valence-corrected chi connectivity index (χ0v) is 16.0. The third-order valence-electron chi connectivity index (χ3n) is 4.10. The molecule has 0 spiro atoms. The van der Waals surface area contributed by atoms with E-state index >= 15 is 0 Å². The molecule has 0 fully saturated rings. The summed E-state index contributed by atoms with van der Waals surface area (Å²) in [5.41, 5.74) is 1.04. The fraction of sp³-hybridized carbons (Fsp3) is 0.190. The molecule has 1 aromatic heterocycles. The van der Waals surface area contributed by atoms with E-state index in [0.29, 0.717) is 24.3 Å². The fourth-order valence-electron chi connectivity index (χ4n) is 2.71. The van der Waals surface area contributed by atoms with Crippen molar-refractivity contribution >= 4 is 17.4 Å². The number of hydrogen-bond acceptors (Lipinski definition) is 5. The van der Waals surface area contributed by atoms with Gasteiger partial charge in [-0.15, -0.1) is 0 Å². The Bertz CT molecular complexity index is 1030. The molecule has 0 atom stereocenters. The van der Waals surface area contributed by atoms with Gasteiger partial charge in [-0.05, 0) is 43.2 Å². The molecule has 8 heteroatoms. The van der Waals surface area contributed by atoms with Crippen LogP contribution in [0.2, 0.25) is 0 Å². The van der Waals surface area contributed by atoms with E-state index < -0.39 is 17.5 Å². The van der Waals surface area contributed by atoms with Gasteiger partial charge in [-0.1, -0.05) is 12.1 Å². The van der Waals surface area contributed by atoms with Gasteiger partial charge in [0, 0.05) is 18.7 Å². The van der Waals surface area contributed by atoms with Crippen molar-refractivity contribution in [3.05, 3.63) is 77.2 Å². The predicted octanol–water partition coefficient (Wildman–Crippen LogP) is 3.98. The van der Waals surface area contributed by atoms with E-state index in [-0.39, 0.29) is 11.4 Å². The van der Waals surface area contributed by atoms with Crippen molar-refractivity contribution in [1.29, 1.82) is 0 Å². The highest BCUT2D eigenvalue weighted by Crippen LogP contribution is 2.17. The fourth-order valence-corrected chi connectivity index (χ4v) is 2.71. The molecule has 0 unspecified atom stereocenters. The van der Waals surface area contributed by atoms with Crippen LogP contribution in [0.1, 0.15) is 21.9 Å². The average Bonchev–Trinajstić information content (AvgIpc) is 2.70. The van der Waals surface area contributed by atoms with Crippen LogP contribution in [0.4, 0.5) is 20.3 Å². The molecule has 3 rings (SSSR count). The van der Waals surface area contributed by atoms with Crippen molar-refractivity contribution in [3.63, 3.8) is 0 Å². The lowest BCUT2D eigenvalue weighted by Gasteiger charge is -2.10. The number of carbonyl (C=O) groups is 1. The molecule has 0 aliphatic heterocycles. The van der Waals surface area contributed by atoms with Crippen LogP contribution in [0.25, 0.3) is 0 Å². The summed E-state index contributed by atoms with van der Waals surface area (Å²) in [4.78, 5) is 20.8. The van der Waals surface area contributed by atoms with Crippen LogP contribution in [0.5, 0.6) is 5.75 Å². The molecule has 2 N–H and O–H groups in total. The maximum absolute atomic E-state index is 13.8. The largest absolute Gasteiger partial charge is 0.497 e. The van der Waals surface area contributed by atoms with Gasteiger partial charge in [-0.2, -0.15) is 0 Å². The van der Waals surface area contributed by atoms with Gasteiger partial charge in [-0.25, -0.2) is 18.7 Å². The molecule has 2 aromatic carbocycles. The van der Waals surface area contributed by atoms with Gasteiger partial charge in [0.1, 0.15) is 34.7 Å². The third kappa shape index (κ3) is 5.47. The minimum absolute atomic E-state index is 0.0742. The standard InChI is InChI=1S/C21H20F2N4O2/c1-13-25-19(21(28)27-18-7-6-15(22)11-17(18)23)12-20(26-13)24-9-8-14-4-3-5-16(10-14)29-2/h3-7,10-12H,8-9H2,1-2H3,(H,27,28)(H,24,25,26). The summed E-state index contributed by atoms with van der Waals surface area (Å²) in [5, 5.41) is 5.54. The molecule has 3 aromatic rings. The van der Waals surface area contributed by atoms with Crippen molar-refractivity contribution in [3.8, 4) is 5.75 Å². The van der Waals surface area contributed by atoms with Gasteiger partial charge in [0.05, 0.1) is 12.8 Å². The highest BCUT2D eigenvalue weighted by molar-refractivity contribution is 6.03. The van der Waals surface area contributed by atoms with Gasteiger partial charge in [-0.3, -0.25) is 4.79 Å². The monoisotopic (exact) mass is 398 g/mol. The van der Waals surface area contributed by atoms with Gasteiger partial charge >= 0.3 is 0 Å². The van der Waals surface area contributed by atoms with Gasteiger partial charge in [0.25, 0.3) is 5.91 Å². The Labute approximate surface area is 167 Å². The maximum atomic E-state index is 13.8. The number of nitrogens with one attached hydrogen (secondary N) is 2. The lowest BCUT2D eigenvalue weighted by Crippen LogP contribution is -2.17. The van der Waals surface area contributed by atoms with Crippen LogP contribution < -0.4 is 15.4 Å². The van der Waals surface area contributed by atoms with E-state index in [1.54, 1.807) is 14.0 Å². The number of anilines is 2. The highest BCUT2D eigenvalue weighted by atomic mass is 19.1. The first-order chi connectivity index (χ1) is 13.9. The summed E-state index contributed by atoms with van der Waals surface area (Å²) in [6.45, 7) is 2.24. The normalized spacial score (nSPS) is 10.5.